The second-order valence-corrected chi connectivity index (χ2v) is 7.58. The zero-order valence-corrected chi connectivity index (χ0v) is 18.0. The number of aryl methyl sites for hydroxylation is 1. The van der Waals surface area contributed by atoms with Gasteiger partial charge in [-0.2, -0.15) is 0 Å². The van der Waals surface area contributed by atoms with Gasteiger partial charge in [0.15, 0.2) is 0 Å². The van der Waals surface area contributed by atoms with Crippen molar-refractivity contribution in [3.05, 3.63) is 89.5 Å². The van der Waals surface area contributed by atoms with E-state index in [1.54, 1.807) is 30.3 Å². The van der Waals surface area contributed by atoms with E-state index in [-0.39, 0.29) is 5.91 Å². The van der Waals surface area contributed by atoms with Crippen molar-refractivity contribution in [1.29, 1.82) is 0 Å². The van der Waals surface area contributed by atoms with Gasteiger partial charge in [0, 0.05) is 19.8 Å². The number of para-hydroxylation sites is 3. The van der Waals surface area contributed by atoms with Crippen LogP contribution >= 0.6 is 11.6 Å². The molecule has 0 aliphatic rings. The molecule has 0 aliphatic heterocycles. The summed E-state index contributed by atoms with van der Waals surface area (Å²) in [5, 5.41) is 0.603. The molecular formula is C24H23ClN4O2. The van der Waals surface area contributed by atoms with Crippen LogP contribution in [0.2, 0.25) is 5.02 Å². The summed E-state index contributed by atoms with van der Waals surface area (Å²) in [5.74, 6) is 1.37. The van der Waals surface area contributed by atoms with Crippen LogP contribution in [0.15, 0.2) is 72.9 Å². The standard InChI is InChI=1S/C24H23ClN4O2/c1-28(24(30)20-11-6-7-14-26-20)17-23-27-19-10-3-4-12-21(19)29(23)15-8-16-31-22-13-5-2-9-18(22)25/h2-7,9-14H,8,15-17H2,1H3. The van der Waals surface area contributed by atoms with E-state index in [4.69, 9.17) is 21.3 Å². The third-order valence-corrected chi connectivity index (χ3v) is 5.28. The third kappa shape index (κ3) is 4.86. The van der Waals surface area contributed by atoms with E-state index < -0.39 is 0 Å². The van der Waals surface area contributed by atoms with Gasteiger partial charge in [0.1, 0.15) is 17.3 Å². The van der Waals surface area contributed by atoms with Crippen LogP contribution < -0.4 is 4.74 Å². The fourth-order valence-corrected chi connectivity index (χ4v) is 3.62. The van der Waals surface area contributed by atoms with Crippen molar-refractivity contribution in [1.82, 2.24) is 19.4 Å². The number of halogens is 1. The van der Waals surface area contributed by atoms with E-state index in [0.29, 0.717) is 36.2 Å². The number of amides is 1. The Bertz CT molecular complexity index is 1180. The predicted octanol–water partition coefficient (Wildman–Crippen LogP) is 4.83. The largest absolute Gasteiger partial charge is 0.492 e. The molecule has 0 aliphatic carbocycles. The molecule has 0 saturated heterocycles. The molecule has 2 aromatic carbocycles. The number of hydrogen-bond donors (Lipinski definition) is 0. The number of hydrogen-bond acceptors (Lipinski definition) is 4. The fraction of sp³-hybridized carbons (Fsp3) is 0.208. The van der Waals surface area contributed by atoms with Crippen molar-refractivity contribution in [2.45, 2.75) is 19.5 Å². The smallest absolute Gasteiger partial charge is 0.272 e. The quantitative estimate of drug-likeness (QED) is 0.373. The number of benzene rings is 2. The molecule has 0 spiro atoms. The van der Waals surface area contributed by atoms with Crippen molar-refractivity contribution in [3.63, 3.8) is 0 Å². The number of imidazole rings is 1. The van der Waals surface area contributed by atoms with Crippen LogP contribution in [0.5, 0.6) is 5.75 Å². The van der Waals surface area contributed by atoms with Crippen LogP contribution in [0, 0.1) is 0 Å². The van der Waals surface area contributed by atoms with Crippen LogP contribution in [-0.2, 0) is 13.1 Å². The summed E-state index contributed by atoms with van der Waals surface area (Å²) in [4.78, 5) is 23.3. The van der Waals surface area contributed by atoms with Crippen molar-refractivity contribution in [3.8, 4) is 5.75 Å². The maximum Gasteiger partial charge on any atom is 0.272 e. The van der Waals surface area contributed by atoms with Crippen LogP contribution in [0.25, 0.3) is 11.0 Å². The topological polar surface area (TPSA) is 60.2 Å². The highest BCUT2D eigenvalue weighted by atomic mass is 35.5. The number of ether oxygens (including phenoxy) is 1. The van der Waals surface area contributed by atoms with Crippen LogP contribution in [0.1, 0.15) is 22.7 Å². The molecule has 6 nitrogen and oxygen atoms in total. The predicted molar refractivity (Wildman–Crippen MR) is 121 cm³/mol. The molecule has 7 heteroatoms. The van der Waals surface area contributed by atoms with Crippen molar-refractivity contribution in [2.24, 2.45) is 0 Å². The summed E-state index contributed by atoms with van der Waals surface area (Å²) in [7, 11) is 1.77. The van der Waals surface area contributed by atoms with Crippen LogP contribution in [-0.4, -0.2) is 39.0 Å². The van der Waals surface area contributed by atoms with Crippen molar-refractivity contribution in [2.75, 3.05) is 13.7 Å². The number of rotatable bonds is 8. The summed E-state index contributed by atoms with van der Waals surface area (Å²) in [5.41, 5.74) is 2.36. The second-order valence-electron chi connectivity index (χ2n) is 7.18. The molecule has 0 fully saturated rings. The highest BCUT2D eigenvalue weighted by molar-refractivity contribution is 6.32. The average Bonchev–Trinajstić information content (AvgIpc) is 3.14. The van der Waals surface area contributed by atoms with Crippen LogP contribution in [0.4, 0.5) is 0 Å². The number of aromatic nitrogens is 3. The van der Waals surface area contributed by atoms with E-state index in [9.17, 15) is 4.79 Å². The Balaban J connectivity index is 1.48. The van der Waals surface area contributed by atoms with Gasteiger partial charge in [0.2, 0.25) is 0 Å². The van der Waals surface area contributed by atoms with Crippen molar-refractivity contribution >= 4 is 28.5 Å². The molecular weight excluding hydrogens is 412 g/mol. The zero-order chi connectivity index (χ0) is 21.6. The molecule has 0 bridgehead atoms. The van der Waals surface area contributed by atoms with Gasteiger partial charge in [-0.05, 0) is 42.8 Å². The number of carbonyl (C=O) groups excluding carboxylic acids is 1. The third-order valence-electron chi connectivity index (χ3n) is 4.96. The Kier molecular flexibility index (Phi) is 6.48. The van der Waals surface area contributed by atoms with Gasteiger partial charge < -0.3 is 14.2 Å². The Morgan fingerprint density at radius 3 is 2.65 bits per heavy atom. The van der Waals surface area contributed by atoms with Crippen LogP contribution in [0.3, 0.4) is 0 Å². The molecule has 1 amide bonds. The molecule has 4 aromatic rings. The van der Waals surface area contributed by atoms with E-state index in [2.05, 4.69) is 9.55 Å². The first-order valence-corrected chi connectivity index (χ1v) is 10.5. The van der Waals surface area contributed by atoms with E-state index in [0.717, 1.165) is 23.3 Å². The lowest BCUT2D eigenvalue weighted by molar-refractivity contribution is 0.0774. The minimum Gasteiger partial charge on any atom is -0.492 e. The summed E-state index contributed by atoms with van der Waals surface area (Å²) in [6.45, 7) is 1.62. The second kappa shape index (κ2) is 9.62. The Hall–Kier alpha value is -3.38. The molecule has 0 N–H and O–H groups in total. The number of nitrogens with zero attached hydrogens (tertiary/aromatic N) is 4. The zero-order valence-electron chi connectivity index (χ0n) is 17.2. The Morgan fingerprint density at radius 2 is 1.84 bits per heavy atom. The molecule has 2 heterocycles. The monoisotopic (exact) mass is 434 g/mol. The van der Waals surface area contributed by atoms with E-state index in [1.165, 1.54) is 0 Å². The molecule has 0 unspecified atom stereocenters. The minimum absolute atomic E-state index is 0.138. The van der Waals surface area contributed by atoms with Gasteiger partial charge in [0.25, 0.3) is 5.91 Å². The number of pyridine rings is 1. The lowest BCUT2D eigenvalue weighted by Crippen LogP contribution is -2.28. The normalized spacial score (nSPS) is 10.9. The Morgan fingerprint density at radius 1 is 1.06 bits per heavy atom. The summed E-state index contributed by atoms with van der Waals surface area (Å²) < 4.78 is 7.97. The van der Waals surface area contributed by atoms with Crippen molar-refractivity contribution < 1.29 is 9.53 Å². The first-order valence-electron chi connectivity index (χ1n) is 10.1. The minimum atomic E-state index is -0.138. The molecule has 0 atom stereocenters. The number of fused-ring (bicyclic) bond motifs is 1. The summed E-state index contributed by atoms with van der Waals surface area (Å²) >= 11 is 6.16. The van der Waals surface area contributed by atoms with Gasteiger partial charge in [-0.15, -0.1) is 0 Å². The summed E-state index contributed by atoms with van der Waals surface area (Å²) in [6.07, 6.45) is 2.39. The fourth-order valence-electron chi connectivity index (χ4n) is 3.43. The molecule has 2 aromatic heterocycles. The number of carbonyl (C=O) groups is 1. The molecule has 0 radical (unpaired) electrons. The van der Waals surface area contributed by atoms with Gasteiger partial charge >= 0.3 is 0 Å². The van der Waals surface area contributed by atoms with Gasteiger partial charge in [-0.3, -0.25) is 9.78 Å². The lowest BCUT2D eigenvalue weighted by Gasteiger charge is -2.18. The van der Waals surface area contributed by atoms with E-state index in [1.807, 2.05) is 54.6 Å². The summed E-state index contributed by atoms with van der Waals surface area (Å²) in [6, 6.07) is 20.7. The lowest BCUT2D eigenvalue weighted by atomic mass is 10.3. The van der Waals surface area contributed by atoms with E-state index >= 15 is 0 Å². The first kappa shape index (κ1) is 20.9. The molecule has 4 rings (SSSR count). The molecule has 0 saturated carbocycles. The van der Waals surface area contributed by atoms with Gasteiger partial charge in [-0.1, -0.05) is 41.9 Å². The average molecular weight is 435 g/mol. The first-order chi connectivity index (χ1) is 15.1. The maximum atomic E-state index is 12.7. The Labute approximate surface area is 186 Å². The molecule has 158 valence electrons. The van der Waals surface area contributed by atoms with Gasteiger partial charge in [-0.25, -0.2) is 4.98 Å². The SMILES string of the molecule is CN(Cc1nc2ccccc2n1CCCOc1ccccc1Cl)C(=O)c1ccccn1. The highest BCUT2D eigenvalue weighted by Crippen LogP contribution is 2.23. The molecule has 31 heavy (non-hydrogen) atoms. The van der Waals surface area contributed by atoms with Gasteiger partial charge in [0.05, 0.1) is 29.2 Å². The maximum absolute atomic E-state index is 12.7. The highest BCUT2D eigenvalue weighted by Gasteiger charge is 2.17.